The maximum atomic E-state index is 11.1. The van der Waals surface area contributed by atoms with Crippen LogP contribution in [-0.4, -0.2) is 58.0 Å². The maximum absolute atomic E-state index is 11.1. The van der Waals surface area contributed by atoms with E-state index in [0.29, 0.717) is 18.9 Å². The van der Waals surface area contributed by atoms with Crippen molar-refractivity contribution in [1.29, 1.82) is 0 Å². The van der Waals surface area contributed by atoms with Crippen LogP contribution in [-0.2, 0) is 11.8 Å². The highest BCUT2D eigenvalue weighted by molar-refractivity contribution is 5.99. The third-order valence-corrected chi connectivity index (χ3v) is 5.98. The van der Waals surface area contributed by atoms with Crippen LogP contribution < -0.4 is 10.5 Å². The summed E-state index contributed by atoms with van der Waals surface area (Å²) in [6, 6.07) is 12.2. The molecule has 0 bridgehead atoms. The number of benzene rings is 2. The van der Waals surface area contributed by atoms with Crippen molar-refractivity contribution in [3.63, 3.8) is 0 Å². The normalized spacial score (nSPS) is 16.5. The zero-order valence-electron chi connectivity index (χ0n) is 17.9. The van der Waals surface area contributed by atoms with Crippen LogP contribution in [0, 0.1) is 5.92 Å². The van der Waals surface area contributed by atoms with Gasteiger partial charge in [0.2, 0.25) is 5.91 Å². The monoisotopic (exact) mass is 422 g/mol. The predicted octanol–water partition coefficient (Wildman–Crippen LogP) is 2.57. The fraction of sp³-hybridized carbons (Fsp3) is 0.417. The molecule has 2 heterocycles. The molecular weight excluding hydrogens is 392 g/mol. The van der Waals surface area contributed by atoms with E-state index in [9.17, 15) is 9.90 Å². The van der Waals surface area contributed by atoms with Crippen LogP contribution in [0.25, 0.3) is 21.9 Å². The van der Waals surface area contributed by atoms with E-state index in [0.717, 1.165) is 53.6 Å². The highest BCUT2D eigenvalue weighted by Crippen LogP contribution is 2.37. The number of hydrogen-bond donors (Lipinski definition) is 2. The molecule has 7 heteroatoms. The third-order valence-electron chi connectivity index (χ3n) is 5.98. The van der Waals surface area contributed by atoms with Crippen molar-refractivity contribution >= 4 is 16.7 Å². The van der Waals surface area contributed by atoms with Crippen molar-refractivity contribution in [2.24, 2.45) is 18.7 Å². The summed E-state index contributed by atoms with van der Waals surface area (Å²) in [6.07, 6.45) is 5.54. The molecule has 1 atom stereocenters. The van der Waals surface area contributed by atoms with Gasteiger partial charge in [0.15, 0.2) is 0 Å². The molecule has 1 fully saturated rings. The Morgan fingerprint density at radius 3 is 2.74 bits per heavy atom. The molecule has 1 saturated heterocycles. The first-order valence-electron chi connectivity index (χ1n) is 10.8. The van der Waals surface area contributed by atoms with Crippen LogP contribution >= 0.6 is 0 Å². The van der Waals surface area contributed by atoms with Gasteiger partial charge >= 0.3 is 0 Å². The van der Waals surface area contributed by atoms with Crippen LogP contribution in [0.15, 0.2) is 48.8 Å². The zero-order valence-corrected chi connectivity index (χ0v) is 17.9. The Kier molecular flexibility index (Phi) is 6.53. The minimum atomic E-state index is -0.596. The van der Waals surface area contributed by atoms with Crippen LogP contribution in [0.3, 0.4) is 0 Å². The van der Waals surface area contributed by atoms with Gasteiger partial charge in [-0.15, -0.1) is 0 Å². The molecule has 1 amide bonds. The lowest BCUT2D eigenvalue weighted by Crippen LogP contribution is -2.41. The van der Waals surface area contributed by atoms with Crippen molar-refractivity contribution in [2.75, 3.05) is 26.2 Å². The Bertz CT molecular complexity index is 1040. The summed E-state index contributed by atoms with van der Waals surface area (Å²) >= 11 is 0. The lowest BCUT2D eigenvalue weighted by Gasteiger charge is -2.32. The summed E-state index contributed by atoms with van der Waals surface area (Å²) < 4.78 is 7.89. The van der Waals surface area contributed by atoms with Crippen molar-refractivity contribution < 1.29 is 14.6 Å². The van der Waals surface area contributed by atoms with Crippen molar-refractivity contribution in [3.05, 3.63) is 48.8 Å². The standard InChI is InChI=1S/C24H30N4O3/c1-27-14-19(13-26-27)24-21-5-3-2-4-18(21)6-7-22(24)31-16-20(29)15-28-10-8-17(9-11-28)12-23(25)30/h2-7,13-14,17,20,29H,8-12,15-16H2,1H3,(H2,25,30). The van der Waals surface area contributed by atoms with Gasteiger partial charge in [-0.2, -0.15) is 5.10 Å². The molecule has 4 rings (SSSR count). The van der Waals surface area contributed by atoms with E-state index in [1.54, 1.807) is 4.68 Å². The van der Waals surface area contributed by atoms with E-state index in [1.807, 2.05) is 43.7 Å². The van der Waals surface area contributed by atoms with Gasteiger partial charge in [0.05, 0.1) is 6.20 Å². The number of amides is 1. The second-order valence-corrected chi connectivity index (χ2v) is 8.44. The van der Waals surface area contributed by atoms with Gasteiger partial charge in [-0.3, -0.25) is 9.48 Å². The highest BCUT2D eigenvalue weighted by atomic mass is 16.5. The first-order valence-corrected chi connectivity index (χ1v) is 10.8. The minimum Gasteiger partial charge on any atom is -0.490 e. The Labute approximate surface area is 182 Å². The molecule has 3 aromatic rings. The first kappa shape index (κ1) is 21.3. The van der Waals surface area contributed by atoms with E-state index < -0.39 is 6.10 Å². The highest BCUT2D eigenvalue weighted by Gasteiger charge is 2.23. The molecule has 31 heavy (non-hydrogen) atoms. The second kappa shape index (κ2) is 9.49. The van der Waals surface area contributed by atoms with Gasteiger partial charge < -0.3 is 20.5 Å². The SMILES string of the molecule is Cn1cc(-c2c(OCC(O)CN3CCC(CC(N)=O)CC3)ccc3ccccc23)cn1. The first-order chi connectivity index (χ1) is 15.0. The number of likely N-dealkylation sites (tertiary alicyclic amines) is 1. The Hall–Kier alpha value is -2.90. The van der Waals surface area contributed by atoms with Crippen LogP contribution in [0.4, 0.5) is 0 Å². The van der Waals surface area contributed by atoms with Gasteiger partial charge in [0, 0.05) is 37.3 Å². The number of primary amides is 1. The van der Waals surface area contributed by atoms with Crippen molar-refractivity contribution in [2.45, 2.75) is 25.4 Å². The topological polar surface area (TPSA) is 93.6 Å². The number of β-amino-alcohol motifs (C(OH)–C–C–N with tert-alkyl or cyclic N) is 1. The fourth-order valence-corrected chi connectivity index (χ4v) is 4.41. The zero-order chi connectivity index (χ0) is 21.8. The third kappa shape index (κ3) is 5.24. The summed E-state index contributed by atoms with van der Waals surface area (Å²) in [6.45, 7) is 2.50. The Morgan fingerprint density at radius 2 is 2.03 bits per heavy atom. The van der Waals surface area contributed by atoms with E-state index in [4.69, 9.17) is 10.5 Å². The molecule has 3 N–H and O–H groups in total. The quantitative estimate of drug-likeness (QED) is 0.582. The number of aromatic nitrogens is 2. The summed E-state index contributed by atoms with van der Waals surface area (Å²) in [4.78, 5) is 13.3. The molecule has 0 spiro atoms. The van der Waals surface area contributed by atoms with E-state index in [-0.39, 0.29) is 12.5 Å². The average Bonchev–Trinajstić information content (AvgIpc) is 3.18. The summed E-state index contributed by atoms with van der Waals surface area (Å²) in [7, 11) is 1.89. The smallest absolute Gasteiger partial charge is 0.217 e. The summed E-state index contributed by atoms with van der Waals surface area (Å²) in [5.41, 5.74) is 7.29. The molecule has 7 nitrogen and oxygen atoms in total. The van der Waals surface area contributed by atoms with Crippen molar-refractivity contribution in [3.8, 4) is 16.9 Å². The Morgan fingerprint density at radius 1 is 1.26 bits per heavy atom. The Balaban J connectivity index is 1.42. The number of nitrogens with zero attached hydrogens (tertiary/aromatic N) is 3. The van der Waals surface area contributed by atoms with Gasteiger partial charge in [-0.25, -0.2) is 0 Å². The lowest BCUT2D eigenvalue weighted by atomic mass is 9.93. The van der Waals surface area contributed by atoms with Crippen LogP contribution in [0.5, 0.6) is 5.75 Å². The molecule has 0 aliphatic carbocycles. The van der Waals surface area contributed by atoms with Gasteiger partial charge in [-0.05, 0) is 48.7 Å². The second-order valence-electron chi connectivity index (χ2n) is 8.44. The number of piperidine rings is 1. The minimum absolute atomic E-state index is 0.215. The number of aryl methyl sites for hydroxylation is 1. The number of carbonyl (C=O) groups excluding carboxylic acids is 1. The predicted molar refractivity (Wildman–Crippen MR) is 121 cm³/mol. The number of hydrogen-bond acceptors (Lipinski definition) is 5. The summed E-state index contributed by atoms with van der Waals surface area (Å²) in [5.74, 6) is 0.874. The van der Waals surface area contributed by atoms with Crippen molar-refractivity contribution in [1.82, 2.24) is 14.7 Å². The molecular formula is C24H30N4O3. The largest absolute Gasteiger partial charge is 0.490 e. The number of aliphatic hydroxyl groups is 1. The number of carbonyl (C=O) groups is 1. The number of aliphatic hydroxyl groups excluding tert-OH is 1. The lowest BCUT2D eigenvalue weighted by molar-refractivity contribution is -0.119. The fourth-order valence-electron chi connectivity index (χ4n) is 4.41. The summed E-state index contributed by atoms with van der Waals surface area (Å²) in [5, 5.41) is 17.1. The number of nitrogens with two attached hydrogens (primary N) is 1. The number of fused-ring (bicyclic) bond motifs is 1. The van der Waals surface area contributed by atoms with Crippen LogP contribution in [0.2, 0.25) is 0 Å². The molecule has 1 aromatic heterocycles. The molecule has 164 valence electrons. The molecule has 1 aliphatic rings. The molecule has 1 unspecified atom stereocenters. The van der Waals surface area contributed by atoms with Gasteiger partial charge in [0.25, 0.3) is 0 Å². The maximum Gasteiger partial charge on any atom is 0.217 e. The number of rotatable bonds is 8. The molecule has 2 aromatic carbocycles. The molecule has 0 radical (unpaired) electrons. The molecule has 0 saturated carbocycles. The average molecular weight is 423 g/mol. The van der Waals surface area contributed by atoms with E-state index in [1.165, 1.54) is 0 Å². The van der Waals surface area contributed by atoms with Gasteiger partial charge in [0.1, 0.15) is 18.5 Å². The van der Waals surface area contributed by atoms with E-state index in [2.05, 4.69) is 22.1 Å². The molecule has 1 aliphatic heterocycles. The number of ether oxygens (including phenoxy) is 1. The van der Waals surface area contributed by atoms with Gasteiger partial charge in [-0.1, -0.05) is 30.3 Å². The van der Waals surface area contributed by atoms with E-state index >= 15 is 0 Å². The van der Waals surface area contributed by atoms with Crippen LogP contribution in [0.1, 0.15) is 19.3 Å².